The number of aromatic nitrogens is 2. The quantitative estimate of drug-likeness (QED) is 0.761. The molecule has 4 rings (SSSR count). The largest absolute Gasteiger partial charge is 0.497 e. The second-order valence-corrected chi connectivity index (χ2v) is 6.24. The Morgan fingerprint density at radius 2 is 2.00 bits per heavy atom. The first-order chi connectivity index (χ1) is 12.7. The van der Waals surface area contributed by atoms with Crippen molar-refractivity contribution in [2.75, 3.05) is 24.4 Å². The molecule has 0 fully saturated rings. The van der Waals surface area contributed by atoms with Gasteiger partial charge in [0, 0.05) is 17.1 Å². The highest BCUT2D eigenvalue weighted by Crippen LogP contribution is 2.41. The lowest BCUT2D eigenvalue weighted by Gasteiger charge is -2.37. The number of carbonyl (C=O) groups is 1. The molecular weight excluding hydrogens is 352 g/mol. The van der Waals surface area contributed by atoms with Crippen LogP contribution in [0, 0.1) is 0 Å². The van der Waals surface area contributed by atoms with Crippen molar-refractivity contribution in [2.45, 2.75) is 6.17 Å². The molecule has 0 saturated carbocycles. The van der Waals surface area contributed by atoms with Crippen molar-refractivity contribution in [1.29, 1.82) is 0 Å². The molecule has 1 atom stereocenters. The van der Waals surface area contributed by atoms with Crippen LogP contribution in [-0.4, -0.2) is 29.7 Å². The predicted octanol–water partition coefficient (Wildman–Crippen LogP) is 3.33. The summed E-state index contributed by atoms with van der Waals surface area (Å²) in [4.78, 5) is 14.9. The minimum Gasteiger partial charge on any atom is -0.497 e. The molecule has 2 heterocycles. The minimum absolute atomic E-state index is 0.138. The monoisotopic (exact) mass is 368 g/mol. The van der Waals surface area contributed by atoms with Gasteiger partial charge in [-0.05, 0) is 35.8 Å². The predicted molar refractivity (Wildman–Crippen MR) is 99.1 cm³/mol. The number of methoxy groups -OCH3 is 2. The molecule has 1 N–H and O–H groups in total. The molecule has 26 heavy (non-hydrogen) atoms. The number of para-hydroxylation sites is 1. The lowest BCUT2D eigenvalue weighted by atomic mass is 10.1. The van der Waals surface area contributed by atoms with Gasteiger partial charge in [-0.15, -0.1) is 5.10 Å². The molecular formula is C18H16N4O3S. The van der Waals surface area contributed by atoms with Gasteiger partial charge in [0.2, 0.25) is 0 Å². The van der Waals surface area contributed by atoms with Gasteiger partial charge in [0.1, 0.15) is 17.2 Å². The van der Waals surface area contributed by atoms with Crippen molar-refractivity contribution < 1.29 is 14.3 Å². The Morgan fingerprint density at radius 1 is 1.15 bits per heavy atom. The number of ether oxygens (including phenoxy) is 2. The Balaban J connectivity index is 1.88. The van der Waals surface area contributed by atoms with Gasteiger partial charge in [0.25, 0.3) is 5.91 Å². The Labute approximate surface area is 154 Å². The zero-order valence-corrected chi connectivity index (χ0v) is 15.0. The van der Waals surface area contributed by atoms with Crippen molar-refractivity contribution >= 4 is 28.8 Å². The van der Waals surface area contributed by atoms with Crippen molar-refractivity contribution in [3.8, 4) is 11.5 Å². The third kappa shape index (κ3) is 2.64. The molecule has 0 spiro atoms. The van der Waals surface area contributed by atoms with Crippen LogP contribution in [0.2, 0.25) is 0 Å². The van der Waals surface area contributed by atoms with E-state index in [1.165, 1.54) is 11.5 Å². The number of rotatable bonds is 4. The molecule has 2 aromatic carbocycles. The zero-order valence-electron chi connectivity index (χ0n) is 14.2. The standard InChI is InChI=1S/C18H16N4O3S/c1-24-11-7-8-15(16(9-11)25-2)22-17(14-10-26-21-20-14)19-13-6-4-3-5-12(13)18(22)23/h3-10,17,19H,1-2H3. The maximum Gasteiger partial charge on any atom is 0.262 e. The van der Waals surface area contributed by atoms with Gasteiger partial charge < -0.3 is 14.8 Å². The van der Waals surface area contributed by atoms with E-state index in [0.717, 1.165) is 5.69 Å². The van der Waals surface area contributed by atoms with Crippen LogP contribution in [0.25, 0.3) is 0 Å². The molecule has 132 valence electrons. The SMILES string of the molecule is COc1ccc(N2C(=O)c3ccccc3NC2c2csnn2)c(OC)c1. The Morgan fingerprint density at radius 3 is 2.73 bits per heavy atom. The molecule has 1 aliphatic rings. The van der Waals surface area contributed by atoms with Crippen molar-refractivity contribution in [1.82, 2.24) is 9.59 Å². The fourth-order valence-corrected chi connectivity index (χ4v) is 3.46. The average molecular weight is 368 g/mol. The molecule has 0 radical (unpaired) electrons. The second-order valence-electron chi connectivity index (χ2n) is 5.64. The highest BCUT2D eigenvalue weighted by atomic mass is 32.1. The number of benzene rings is 2. The number of hydrogen-bond donors (Lipinski definition) is 1. The average Bonchev–Trinajstić information content (AvgIpc) is 3.22. The summed E-state index contributed by atoms with van der Waals surface area (Å²) in [5.74, 6) is 1.04. The zero-order chi connectivity index (χ0) is 18.1. The van der Waals surface area contributed by atoms with Crippen molar-refractivity contribution in [3.63, 3.8) is 0 Å². The Bertz CT molecular complexity index is 945. The molecule has 8 heteroatoms. The van der Waals surface area contributed by atoms with E-state index in [1.807, 2.05) is 23.6 Å². The van der Waals surface area contributed by atoms with Crippen LogP contribution in [-0.2, 0) is 0 Å². The van der Waals surface area contributed by atoms with Gasteiger partial charge in [-0.2, -0.15) is 0 Å². The fraction of sp³-hybridized carbons (Fsp3) is 0.167. The van der Waals surface area contributed by atoms with Crippen LogP contribution in [0.5, 0.6) is 11.5 Å². The first-order valence-corrected chi connectivity index (χ1v) is 8.74. The van der Waals surface area contributed by atoms with Gasteiger partial charge >= 0.3 is 0 Å². The first kappa shape index (κ1) is 16.3. The molecule has 1 unspecified atom stereocenters. The van der Waals surface area contributed by atoms with E-state index in [4.69, 9.17) is 9.47 Å². The number of nitrogens with one attached hydrogen (secondary N) is 1. The smallest absolute Gasteiger partial charge is 0.262 e. The molecule has 1 aliphatic heterocycles. The van der Waals surface area contributed by atoms with Crippen LogP contribution in [0.3, 0.4) is 0 Å². The van der Waals surface area contributed by atoms with Crippen LogP contribution < -0.4 is 19.7 Å². The van der Waals surface area contributed by atoms with Gasteiger partial charge in [-0.1, -0.05) is 16.6 Å². The summed E-state index contributed by atoms with van der Waals surface area (Å²) in [6.07, 6.45) is -0.488. The number of fused-ring (bicyclic) bond motifs is 1. The number of anilines is 2. The Hall–Kier alpha value is -3.13. The number of hydrogen-bond acceptors (Lipinski definition) is 7. The van der Waals surface area contributed by atoms with E-state index in [1.54, 1.807) is 43.4 Å². The molecule has 0 bridgehead atoms. The summed E-state index contributed by atoms with van der Waals surface area (Å²) in [6.45, 7) is 0. The first-order valence-electron chi connectivity index (χ1n) is 7.91. The number of nitrogens with zero attached hydrogens (tertiary/aromatic N) is 3. The van der Waals surface area contributed by atoms with Gasteiger partial charge in [-0.3, -0.25) is 9.69 Å². The van der Waals surface area contributed by atoms with E-state index in [-0.39, 0.29) is 5.91 Å². The molecule has 7 nitrogen and oxygen atoms in total. The summed E-state index contributed by atoms with van der Waals surface area (Å²) in [6, 6.07) is 12.7. The summed E-state index contributed by atoms with van der Waals surface area (Å²) < 4.78 is 14.7. The minimum atomic E-state index is -0.488. The van der Waals surface area contributed by atoms with Gasteiger partial charge in [0.05, 0.1) is 25.5 Å². The molecule has 0 aliphatic carbocycles. The molecule has 1 amide bonds. The van der Waals surface area contributed by atoms with Crippen LogP contribution in [0.15, 0.2) is 47.8 Å². The normalized spacial score (nSPS) is 16.0. The summed E-state index contributed by atoms with van der Waals surface area (Å²) in [7, 11) is 3.15. The summed E-state index contributed by atoms with van der Waals surface area (Å²) >= 11 is 1.24. The molecule has 1 aromatic heterocycles. The maximum atomic E-state index is 13.3. The van der Waals surface area contributed by atoms with E-state index in [0.29, 0.717) is 28.4 Å². The highest BCUT2D eigenvalue weighted by molar-refractivity contribution is 7.03. The van der Waals surface area contributed by atoms with E-state index >= 15 is 0 Å². The van der Waals surface area contributed by atoms with Crippen LogP contribution >= 0.6 is 11.5 Å². The highest BCUT2D eigenvalue weighted by Gasteiger charge is 2.36. The summed E-state index contributed by atoms with van der Waals surface area (Å²) in [5, 5.41) is 9.36. The lowest BCUT2D eigenvalue weighted by Crippen LogP contribution is -2.43. The van der Waals surface area contributed by atoms with Crippen molar-refractivity contribution in [3.05, 3.63) is 59.1 Å². The number of amides is 1. The topological polar surface area (TPSA) is 76.6 Å². The second kappa shape index (κ2) is 6.64. The van der Waals surface area contributed by atoms with Crippen LogP contribution in [0.1, 0.15) is 22.2 Å². The van der Waals surface area contributed by atoms with Gasteiger partial charge in [-0.25, -0.2) is 0 Å². The Kier molecular flexibility index (Phi) is 4.18. The molecule has 0 saturated heterocycles. The lowest BCUT2D eigenvalue weighted by molar-refractivity contribution is 0.0973. The van der Waals surface area contributed by atoms with Crippen molar-refractivity contribution in [2.24, 2.45) is 0 Å². The maximum absolute atomic E-state index is 13.3. The number of carbonyl (C=O) groups excluding carboxylic acids is 1. The van der Waals surface area contributed by atoms with Crippen LogP contribution in [0.4, 0.5) is 11.4 Å². The summed E-state index contributed by atoms with van der Waals surface area (Å²) in [5.41, 5.74) is 2.64. The van der Waals surface area contributed by atoms with Gasteiger partial charge in [0.15, 0.2) is 6.17 Å². The fourth-order valence-electron chi connectivity index (χ4n) is 2.98. The molecule has 3 aromatic rings. The third-order valence-corrected chi connectivity index (χ3v) is 4.75. The third-order valence-electron chi connectivity index (χ3n) is 4.23. The van der Waals surface area contributed by atoms with E-state index < -0.39 is 6.17 Å². The van der Waals surface area contributed by atoms with E-state index in [2.05, 4.69) is 14.9 Å². The van der Waals surface area contributed by atoms with E-state index in [9.17, 15) is 4.79 Å².